The minimum atomic E-state index is -0.639. The van der Waals surface area contributed by atoms with Crippen LogP contribution in [0.1, 0.15) is 34.5 Å². The largest absolute Gasteiger partial charge is 0.496 e. The van der Waals surface area contributed by atoms with E-state index in [2.05, 4.69) is 0 Å². The van der Waals surface area contributed by atoms with Gasteiger partial charge >= 0.3 is 0 Å². The normalized spacial score (nSPS) is 12.3. The number of benzene rings is 1. The average molecular weight is 194 g/mol. The molecular formula is C11H14O3. The zero-order valence-electron chi connectivity index (χ0n) is 8.57. The molecule has 0 aromatic heterocycles. The summed E-state index contributed by atoms with van der Waals surface area (Å²) in [5.74, 6) is 0.663. The fraction of sp³-hybridized carbons (Fsp3) is 0.364. The fourth-order valence-electron chi connectivity index (χ4n) is 1.47. The number of methoxy groups -OCH3 is 1. The van der Waals surface area contributed by atoms with Crippen LogP contribution in [0.25, 0.3) is 0 Å². The molecule has 0 aliphatic heterocycles. The number of aldehydes is 1. The highest BCUT2D eigenvalue weighted by Crippen LogP contribution is 2.26. The maximum Gasteiger partial charge on any atom is 0.150 e. The van der Waals surface area contributed by atoms with E-state index in [-0.39, 0.29) is 0 Å². The van der Waals surface area contributed by atoms with Crippen LogP contribution < -0.4 is 4.74 Å². The van der Waals surface area contributed by atoms with Gasteiger partial charge in [-0.1, -0.05) is 6.07 Å². The van der Waals surface area contributed by atoms with Crippen molar-refractivity contribution < 1.29 is 14.6 Å². The number of aliphatic hydroxyl groups excluding tert-OH is 1. The van der Waals surface area contributed by atoms with Gasteiger partial charge in [0.1, 0.15) is 5.75 Å². The van der Waals surface area contributed by atoms with Crippen molar-refractivity contribution in [3.05, 3.63) is 28.8 Å². The second-order valence-electron chi connectivity index (χ2n) is 3.19. The molecule has 0 heterocycles. The van der Waals surface area contributed by atoms with Crippen LogP contribution in [0.5, 0.6) is 5.75 Å². The summed E-state index contributed by atoms with van der Waals surface area (Å²) in [4.78, 5) is 10.9. The highest BCUT2D eigenvalue weighted by molar-refractivity contribution is 5.81. The van der Waals surface area contributed by atoms with Crippen molar-refractivity contribution in [1.82, 2.24) is 0 Å². The molecule has 76 valence electrons. The van der Waals surface area contributed by atoms with Gasteiger partial charge in [-0.25, -0.2) is 0 Å². The van der Waals surface area contributed by atoms with Crippen molar-refractivity contribution >= 4 is 6.29 Å². The van der Waals surface area contributed by atoms with Gasteiger partial charge in [-0.05, 0) is 25.5 Å². The number of carbonyl (C=O) groups excluding carboxylic acids is 1. The second-order valence-corrected chi connectivity index (χ2v) is 3.19. The van der Waals surface area contributed by atoms with Crippen molar-refractivity contribution in [2.24, 2.45) is 0 Å². The Morgan fingerprint density at radius 1 is 1.50 bits per heavy atom. The molecule has 1 atom stereocenters. The van der Waals surface area contributed by atoms with Gasteiger partial charge in [0.15, 0.2) is 6.29 Å². The van der Waals surface area contributed by atoms with Crippen molar-refractivity contribution in [1.29, 1.82) is 0 Å². The van der Waals surface area contributed by atoms with E-state index < -0.39 is 6.10 Å². The lowest BCUT2D eigenvalue weighted by molar-refractivity contribution is 0.111. The summed E-state index contributed by atoms with van der Waals surface area (Å²) in [6.07, 6.45) is 0.111. The molecular weight excluding hydrogens is 180 g/mol. The molecule has 0 bridgehead atoms. The Hall–Kier alpha value is -1.35. The Morgan fingerprint density at radius 3 is 2.57 bits per heavy atom. The lowest BCUT2D eigenvalue weighted by Crippen LogP contribution is -2.01. The SMILES string of the molecule is COc1ccc(C(C)O)c(C=O)c1C. The zero-order valence-corrected chi connectivity index (χ0v) is 8.57. The van der Waals surface area contributed by atoms with E-state index in [1.807, 2.05) is 0 Å². The van der Waals surface area contributed by atoms with Crippen LogP contribution in [0.15, 0.2) is 12.1 Å². The third kappa shape index (κ3) is 1.77. The molecule has 0 fully saturated rings. The first-order valence-electron chi connectivity index (χ1n) is 4.42. The van der Waals surface area contributed by atoms with E-state index in [1.54, 1.807) is 33.1 Å². The molecule has 1 unspecified atom stereocenters. The van der Waals surface area contributed by atoms with Crippen LogP contribution in [-0.4, -0.2) is 18.5 Å². The third-order valence-corrected chi connectivity index (χ3v) is 2.29. The smallest absolute Gasteiger partial charge is 0.150 e. The number of carbonyl (C=O) groups is 1. The third-order valence-electron chi connectivity index (χ3n) is 2.29. The van der Waals surface area contributed by atoms with Crippen molar-refractivity contribution in [3.8, 4) is 5.75 Å². The summed E-state index contributed by atoms with van der Waals surface area (Å²) in [6.45, 7) is 3.43. The average Bonchev–Trinajstić information content (AvgIpc) is 2.17. The van der Waals surface area contributed by atoms with Crippen LogP contribution in [0.3, 0.4) is 0 Å². The number of hydrogen-bond donors (Lipinski definition) is 1. The molecule has 3 nitrogen and oxygen atoms in total. The Kier molecular flexibility index (Phi) is 3.25. The standard InChI is InChI=1S/C11H14O3/c1-7-10(6-12)9(8(2)13)4-5-11(7)14-3/h4-6,8,13H,1-3H3. The quantitative estimate of drug-likeness (QED) is 0.747. The molecule has 1 aromatic rings. The molecule has 0 radical (unpaired) electrons. The van der Waals surface area contributed by atoms with Gasteiger partial charge in [0.05, 0.1) is 13.2 Å². The maximum absolute atomic E-state index is 10.9. The van der Waals surface area contributed by atoms with E-state index >= 15 is 0 Å². The van der Waals surface area contributed by atoms with E-state index in [4.69, 9.17) is 4.74 Å². The lowest BCUT2D eigenvalue weighted by Gasteiger charge is -2.13. The first kappa shape index (κ1) is 10.7. The van der Waals surface area contributed by atoms with Gasteiger partial charge in [-0.3, -0.25) is 4.79 Å². The van der Waals surface area contributed by atoms with Gasteiger partial charge in [0.25, 0.3) is 0 Å². The first-order valence-corrected chi connectivity index (χ1v) is 4.42. The minimum absolute atomic E-state index is 0.513. The molecule has 1 N–H and O–H groups in total. The molecule has 0 saturated carbocycles. The van der Waals surface area contributed by atoms with E-state index in [9.17, 15) is 9.90 Å². The predicted octanol–water partition coefficient (Wildman–Crippen LogP) is 1.87. The topological polar surface area (TPSA) is 46.5 Å². The summed E-state index contributed by atoms with van der Waals surface area (Å²) < 4.78 is 5.08. The van der Waals surface area contributed by atoms with Crippen LogP contribution in [0.4, 0.5) is 0 Å². The van der Waals surface area contributed by atoms with Gasteiger partial charge in [-0.15, -0.1) is 0 Å². The van der Waals surface area contributed by atoms with Gasteiger partial charge < -0.3 is 9.84 Å². The number of hydrogen-bond acceptors (Lipinski definition) is 3. The number of ether oxygens (including phenoxy) is 1. The highest BCUT2D eigenvalue weighted by atomic mass is 16.5. The Morgan fingerprint density at radius 2 is 2.14 bits per heavy atom. The summed E-state index contributed by atoms with van der Waals surface area (Å²) in [5, 5.41) is 9.42. The molecule has 0 aliphatic carbocycles. The van der Waals surface area contributed by atoms with Crippen molar-refractivity contribution in [2.75, 3.05) is 7.11 Å². The molecule has 0 saturated heterocycles. The first-order chi connectivity index (χ1) is 6.61. The Bertz CT molecular complexity index is 343. The van der Waals surface area contributed by atoms with Crippen molar-refractivity contribution in [3.63, 3.8) is 0 Å². The fourth-order valence-corrected chi connectivity index (χ4v) is 1.47. The molecule has 1 aromatic carbocycles. The number of aliphatic hydroxyl groups is 1. The Balaban J connectivity index is 3.35. The van der Waals surface area contributed by atoms with Crippen LogP contribution in [0, 0.1) is 6.92 Å². The summed E-state index contributed by atoms with van der Waals surface area (Å²) in [7, 11) is 1.55. The monoisotopic (exact) mass is 194 g/mol. The molecule has 14 heavy (non-hydrogen) atoms. The van der Waals surface area contributed by atoms with Crippen LogP contribution in [-0.2, 0) is 0 Å². The van der Waals surface area contributed by atoms with Crippen molar-refractivity contribution in [2.45, 2.75) is 20.0 Å². The number of rotatable bonds is 3. The minimum Gasteiger partial charge on any atom is -0.496 e. The molecule has 0 amide bonds. The predicted molar refractivity (Wildman–Crippen MR) is 53.8 cm³/mol. The van der Waals surface area contributed by atoms with Gasteiger partial charge in [0, 0.05) is 11.1 Å². The van der Waals surface area contributed by atoms with Crippen LogP contribution >= 0.6 is 0 Å². The van der Waals surface area contributed by atoms with E-state index in [0.29, 0.717) is 16.9 Å². The molecule has 1 rings (SSSR count). The summed E-state index contributed by atoms with van der Waals surface area (Å²) >= 11 is 0. The second kappa shape index (κ2) is 4.24. The highest BCUT2D eigenvalue weighted by Gasteiger charge is 2.12. The zero-order chi connectivity index (χ0) is 10.7. The maximum atomic E-state index is 10.9. The summed E-state index contributed by atoms with van der Waals surface area (Å²) in [6, 6.07) is 3.46. The molecule has 0 spiro atoms. The Labute approximate surface area is 83.3 Å². The summed E-state index contributed by atoms with van der Waals surface area (Å²) in [5.41, 5.74) is 1.92. The van der Waals surface area contributed by atoms with Gasteiger partial charge in [-0.2, -0.15) is 0 Å². The lowest BCUT2D eigenvalue weighted by atomic mass is 9.99. The molecule has 0 aliphatic rings. The van der Waals surface area contributed by atoms with Crippen LogP contribution in [0.2, 0.25) is 0 Å². The van der Waals surface area contributed by atoms with E-state index in [0.717, 1.165) is 11.8 Å². The molecule has 3 heteroatoms. The van der Waals surface area contributed by atoms with E-state index in [1.165, 1.54) is 0 Å². The van der Waals surface area contributed by atoms with Gasteiger partial charge in [0.2, 0.25) is 0 Å².